The third-order valence-electron chi connectivity index (χ3n) is 5.42. The number of likely N-dealkylation sites (N-methyl/N-ethyl adjacent to an activating group) is 1. The summed E-state index contributed by atoms with van der Waals surface area (Å²) < 4.78 is 21.5. The molecule has 1 aliphatic rings. The Bertz CT molecular complexity index is 876. The number of aromatic nitrogens is 1. The molecule has 0 bridgehead atoms. The van der Waals surface area contributed by atoms with E-state index in [1.807, 2.05) is 7.05 Å². The first kappa shape index (κ1) is 20.5. The van der Waals surface area contributed by atoms with E-state index in [-0.39, 0.29) is 22.7 Å². The molecule has 0 spiro atoms. The Labute approximate surface area is 164 Å². The molecule has 1 fully saturated rings. The smallest absolute Gasteiger partial charge is 0.259 e. The fourth-order valence-corrected chi connectivity index (χ4v) is 3.80. The Morgan fingerprint density at radius 3 is 2.54 bits per heavy atom. The summed E-state index contributed by atoms with van der Waals surface area (Å²) in [6.07, 6.45) is 0. The molecule has 1 atom stereocenters. The van der Waals surface area contributed by atoms with Crippen LogP contribution >= 0.6 is 0 Å². The highest BCUT2D eigenvalue weighted by Crippen LogP contribution is 2.34. The van der Waals surface area contributed by atoms with Gasteiger partial charge in [0, 0.05) is 51.1 Å². The third kappa shape index (κ3) is 4.11. The van der Waals surface area contributed by atoms with Crippen LogP contribution in [0.2, 0.25) is 0 Å². The fourth-order valence-electron chi connectivity index (χ4n) is 3.80. The summed E-state index contributed by atoms with van der Waals surface area (Å²) in [4.78, 5) is 17.6. The topological polar surface area (TPSA) is 57.9 Å². The van der Waals surface area contributed by atoms with Crippen molar-refractivity contribution < 1.29 is 14.2 Å². The first-order valence-corrected chi connectivity index (χ1v) is 9.53. The van der Waals surface area contributed by atoms with Gasteiger partial charge in [-0.2, -0.15) is 0 Å². The number of hydrogen-bond donors (Lipinski definition) is 1. The fraction of sp³-hybridized carbons (Fsp3) is 0.476. The predicted octanol–water partition coefficient (Wildman–Crippen LogP) is 1.98. The summed E-state index contributed by atoms with van der Waals surface area (Å²) in [5.74, 6) is -0.474. The molecular formula is C21H28FN3O3. The quantitative estimate of drug-likeness (QED) is 0.819. The zero-order chi connectivity index (χ0) is 20.3. The minimum absolute atomic E-state index is 0.0941. The lowest BCUT2D eigenvalue weighted by atomic mass is 9.95. The molecule has 1 aromatic carbocycles. The van der Waals surface area contributed by atoms with Crippen LogP contribution < -0.4 is 5.56 Å². The molecule has 3 rings (SSSR count). The van der Waals surface area contributed by atoms with Crippen molar-refractivity contribution >= 4 is 0 Å². The van der Waals surface area contributed by atoms with Crippen LogP contribution in [0.5, 0.6) is 5.75 Å². The Morgan fingerprint density at radius 2 is 1.89 bits per heavy atom. The monoisotopic (exact) mass is 389 g/mol. The predicted molar refractivity (Wildman–Crippen MR) is 106 cm³/mol. The number of halogens is 1. The average Bonchev–Trinajstić information content (AvgIpc) is 2.67. The molecule has 0 amide bonds. The van der Waals surface area contributed by atoms with Crippen molar-refractivity contribution in [1.82, 2.24) is 14.4 Å². The summed E-state index contributed by atoms with van der Waals surface area (Å²) in [6.45, 7) is 5.52. The molecule has 152 valence electrons. The number of hydrogen-bond acceptors (Lipinski definition) is 5. The number of piperazine rings is 1. The molecule has 0 aliphatic carbocycles. The molecule has 0 saturated carbocycles. The molecule has 1 N–H and O–H groups in total. The van der Waals surface area contributed by atoms with E-state index < -0.39 is 6.04 Å². The Morgan fingerprint density at radius 1 is 1.21 bits per heavy atom. The zero-order valence-corrected chi connectivity index (χ0v) is 16.7. The summed E-state index contributed by atoms with van der Waals surface area (Å²) in [5.41, 5.74) is 0.966. The largest absolute Gasteiger partial charge is 0.507 e. The van der Waals surface area contributed by atoms with Crippen molar-refractivity contribution in [3.63, 3.8) is 0 Å². The molecule has 28 heavy (non-hydrogen) atoms. The Balaban J connectivity index is 2.15. The highest BCUT2D eigenvalue weighted by atomic mass is 19.1. The van der Waals surface area contributed by atoms with E-state index in [2.05, 4.69) is 9.80 Å². The minimum Gasteiger partial charge on any atom is -0.507 e. The Hall–Kier alpha value is -2.22. The normalized spacial score (nSPS) is 17.0. The van der Waals surface area contributed by atoms with E-state index in [0.29, 0.717) is 37.5 Å². The van der Waals surface area contributed by atoms with Crippen LogP contribution in [0.25, 0.3) is 0 Å². The van der Waals surface area contributed by atoms with Gasteiger partial charge in [-0.15, -0.1) is 0 Å². The number of nitrogens with zero attached hydrogens (tertiary/aromatic N) is 3. The van der Waals surface area contributed by atoms with Crippen LogP contribution in [-0.2, 0) is 11.3 Å². The van der Waals surface area contributed by atoms with Gasteiger partial charge in [0.05, 0.1) is 18.2 Å². The van der Waals surface area contributed by atoms with Crippen molar-refractivity contribution in [3.05, 3.63) is 63.3 Å². The van der Waals surface area contributed by atoms with Crippen molar-refractivity contribution in [1.29, 1.82) is 0 Å². The second-order valence-electron chi connectivity index (χ2n) is 7.30. The SMILES string of the molecule is COCCn1c(C)cc(O)c(C(c2ccccc2F)N2CCN(C)CC2)c1=O. The molecule has 1 aromatic heterocycles. The maximum Gasteiger partial charge on any atom is 0.259 e. The number of aryl methyl sites for hydroxylation is 1. The van der Waals surface area contributed by atoms with E-state index in [1.165, 1.54) is 6.07 Å². The van der Waals surface area contributed by atoms with Gasteiger partial charge < -0.3 is 19.3 Å². The van der Waals surface area contributed by atoms with Gasteiger partial charge in [-0.05, 0) is 26.1 Å². The maximum atomic E-state index is 14.8. The lowest BCUT2D eigenvalue weighted by Gasteiger charge is -2.38. The number of ether oxygens (including phenoxy) is 1. The van der Waals surface area contributed by atoms with Gasteiger partial charge in [0.1, 0.15) is 11.6 Å². The first-order valence-electron chi connectivity index (χ1n) is 9.53. The van der Waals surface area contributed by atoms with Crippen LogP contribution in [-0.4, -0.2) is 66.4 Å². The van der Waals surface area contributed by atoms with Crippen molar-refractivity contribution in [2.75, 3.05) is 46.9 Å². The van der Waals surface area contributed by atoms with Gasteiger partial charge in [-0.3, -0.25) is 9.69 Å². The summed E-state index contributed by atoms with van der Waals surface area (Å²) in [5, 5.41) is 10.7. The first-order chi connectivity index (χ1) is 13.4. The standard InChI is InChI=1S/C21H28FN3O3/c1-15-14-18(26)19(21(27)25(15)12-13-28-3)20(16-6-4-5-7-17(16)22)24-10-8-23(2)9-11-24/h4-7,14,20,26H,8-13H2,1-3H3. The van der Waals surface area contributed by atoms with Gasteiger partial charge >= 0.3 is 0 Å². The number of pyridine rings is 1. The Kier molecular flexibility index (Phi) is 6.49. The molecule has 0 radical (unpaired) electrons. The molecule has 2 heterocycles. The third-order valence-corrected chi connectivity index (χ3v) is 5.42. The lowest BCUT2D eigenvalue weighted by molar-refractivity contribution is 0.123. The number of methoxy groups -OCH3 is 1. The van der Waals surface area contributed by atoms with Crippen molar-refractivity contribution in [2.24, 2.45) is 0 Å². The van der Waals surface area contributed by atoms with E-state index in [4.69, 9.17) is 4.74 Å². The van der Waals surface area contributed by atoms with E-state index >= 15 is 0 Å². The lowest BCUT2D eigenvalue weighted by Crippen LogP contribution is -2.47. The summed E-state index contributed by atoms with van der Waals surface area (Å²) in [7, 11) is 3.62. The average molecular weight is 389 g/mol. The number of benzene rings is 1. The van der Waals surface area contributed by atoms with Crippen LogP contribution in [0.4, 0.5) is 4.39 Å². The second-order valence-corrected chi connectivity index (χ2v) is 7.30. The summed E-state index contributed by atoms with van der Waals surface area (Å²) >= 11 is 0. The zero-order valence-electron chi connectivity index (χ0n) is 16.7. The van der Waals surface area contributed by atoms with Crippen LogP contribution in [0.1, 0.15) is 22.9 Å². The van der Waals surface area contributed by atoms with Crippen LogP contribution in [0.3, 0.4) is 0 Å². The molecular weight excluding hydrogens is 361 g/mol. The highest BCUT2D eigenvalue weighted by Gasteiger charge is 2.32. The molecule has 2 aromatic rings. The van der Waals surface area contributed by atoms with Gasteiger partial charge in [-0.1, -0.05) is 18.2 Å². The number of rotatable bonds is 6. The molecule has 1 unspecified atom stereocenters. The minimum atomic E-state index is -0.642. The molecule has 1 aliphatic heterocycles. The molecule has 6 nitrogen and oxygen atoms in total. The van der Waals surface area contributed by atoms with E-state index in [9.17, 15) is 14.3 Å². The van der Waals surface area contributed by atoms with Gasteiger partial charge in [0.15, 0.2) is 0 Å². The van der Waals surface area contributed by atoms with E-state index in [0.717, 1.165) is 13.1 Å². The van der Waals surface area contributed by atoms with Crippen molar-refractivity contribution in [3.8, 4) is 5.75 Å². The van der Waals surface area contributed by atoms with Gasteiger partial charge in [0.25, 0.3) is 5.56 Å². The van der Waals surface area contributed by atoms with E-state index in [1.54, 1.807) is 42.9 Å². The van der Waals surface area contributed by atoms with Crippen LogP contribution in [0.15, 0.2) is 35.1 Å². The summed E-state index contributed by atoms with van der Waals surface area (Å²) in [6, 6.07) is 7.42. The molecule has 7 heteroatoms. The highest BCUT2D eigenvalue weighted by molar-refractivity contribution is 5.41. The second kappa shape index (κ2) is 8.86. The maximum absolute atomic E-state index is 14.8. The number of aromatic hydroxyl groups is 1. The van der Waals surface area contributed by atoms with Crippen molar-refractivity contribution in [2.45, 2.75) is 19.5 Å². The van der Waals surface area contributed by atoms with Gasteiger partial charge in [-0.25, -0.2) is 4.39 Å². The van der Waals surface area contributed by atoms with Gasteiger partial charge in [0.2, 0.25) is 0 Å². The van der Waals surface area contributed by atoms with Crippen LogP contribution in [0, 0.1) is 12.7 Å². The molecule has 1 saturated heterocycles.